The van der Waals surface area contributed by atoms with Gasteiger partial charge in [0.2, 0.25) is 5.91 Å². The lowest BCUT2D eigenvalue weighted by molar-refractivity contribution is -0.384. The molecule has 1 saturated heterocycles. The molecule has 0 radical (unpaired) electrons. The second-order valence-corrected chi connectivity index (χ2v) is 8.25. The lowest BCUT2D eigenvalue weighted by Crippen LogP contribution is -2.59. The molecule has 0 N–H and O–H groups in total. The number of benzene rings is 1. The SMILES string of the molecule is CC(=O)OC(c1cn(C)cn1)C1C(=O)N2C(C(=O)OCc3ccc([N+](=O)[O-])cc3)=CS[C@H]12. The van der Waals surface area contributed by atoms with E-state index in [0.29, 0.717) is 11.3 Å². The van der Waals surface area contributed by atoms with Gasteiger partial charge in [-0.05, 0) is 17.7 Å². The number of aromatic nitrogens is 2. The summed E-state index contributed by atoms with van der Waals surface area (Å²) in [6, 6.07) is 5.63. The predicted octanol–water partition coefficient (Wildman–Crippen LogP) is 2.05. The maximum Gasteiger partial charge on any atom is 0.355 e. The molecule has 2 aliphatic heterocycles. The summed E-state index contributed by atoms with van der Waals surface area (Å²) < 4.78 is 12.4. The fourth-order valence-corrected chi connectivity index (χ4v) is 4.76. The zero-order valence-corrected chi connectivity index (χ0v) is 17.9. The zero-order chi connectivity index (χ0) is 23.0. The number of aryl methyl sites for hydroxylation is 1. The third kappa shape index (κ3) is 3.96. The van der Waals surface area contributed by atoms with Crippen molar-refractivity contribution in [3.05, 3.63) is 69.3 Å². The average molecular weight is 458 g/mol. The summed E-state index contributed by atoms with van der Waals surface area (Å²) in [5, 5.41) is 11.8. The van der Waals surface area contributed by atoms with Gasteiger partial charge < -0.3 is 14.0 Å². The molecule has 0 saturated carbocycles. The van der Waals surface area contributed by atoms with Crippen LogP contribution in [-0.4, -0.2) is 42.6 Å². The Kier molecular flexibility index (Phi) is 5.70. The number of non-ortho nitro benzene ring substituents is 1. The molecule has 32 heavy (non-hydrogen) atoms. The van der Waals surface area contributed by atoms with E-state index in [2.05, 4.69) is 4.98 Å². The van der Waals surface area contributed by atoms with Crippen LogP contribution in [0.25, 0.3) is 0 Å². The number of hydrogen-bond acceptors (Lipinski definition) is 9. The van der Waals surface area contributed by atoms with E-state index < -0.39 is 34.3 Å². The second kappa shape index (κ2) is 8.46. The number of imidazole rings is 1. The van der Waals surface area contributed by atoms with Gasteiger partial charge in [-0.25, -0.2) is 9.78 Å². The Hall–Kier alpha value is -3.67. The number of esters is 2. The summed E-state index contributed by atoms with van der Waals surface area (Å²) in [6.07, 6.45) is 2.36. The quantitative estimate of drug-likeness (QED) is 0.264. The van der Waals surface area contributed by atoms with Crippen LogP contribution < -0.4 is 0 Å². The van der Waals surface area contributed by atoms with Gasteiger partial charge in [-0.3, -0.25) is 24.6 Å². The van der Waals surface area contributed by atoms with Crippen molar-refractivity contribution in [3.63, 3.8) is 0 Å². The van der Waals surface area contributed by atoms with Crippen molar-refractivity contribution in [3.8, 4) is 0 Å². The maximum atomic E-state index is 12.9. The first kappa shape index (κ1) is 21.6. The Bertz CT molecular complexity index is 1130. The Morgan fingerprint density at radius 1 is 1.31 bits per heavy atom. The Morgan fingerprint density at radius 3 is 2.62 bits per heavy atom. The van der Waals surface area contributed by atoms with Gasteiger partial charge in [0, 0.05) is 37.7 Å². The summed E-state index contributed by atoms with van der Waals surface area (Å²) >= 11 is 1.27. The molecule has 1 aromatic heterocycles. The van der Waals surface area contributed by atoms with Crippen molar-refractivity contribution in [1.82, 2.24) is 14.5 Å². The molecule has 1 aromatic carbocycles. The number of nitro groups is 1. The number of fused-ring (bicyclic) bond motifs is 1. The average Bonchev–Trinajstić information content (AvgIpc) is 3.35. The van der Waals surface area contributed by atoms with Crippen LogP contribution >= 0.6 is 11.8 Å². The molecule has 11 nitrogen and oxygen atoms in total. The predicted molar refractivity (Wildman–Crippen MR) is 110 cm³/mol. The smallest absolute Gasteiger partial charge is 0.355 e. The summed E-state index contributed by atoms with van der Waals surface area (Å²) in [6.45, 7) is 1.16. The number of nitro benzene ring substituents is 1. The van der Waals surface area contributed by atoms with E-state index in [1.165, 1.54) is 47.9 Å². The standard InChI is InChI=1S/C20H18N4O7S/c1-11(25)31-17(14-7-22(2)10-21-14)16-18(26)23-15(9-32-19(16)23)20(27)30-8-12-3-5-13(6-4-12)24(28)29/h3-7,9-10,16-17,19H,8H2,1-2H3/t16?,17?,19-/m1/s1. The van der Waals surface area contributed by atoms with Crippen molar-refractivity contribution >= 4 is 35.3 Å². The molecule has 3 atom stereocenters. The third-order valence-corrected chi connectivity index (χ3v) is 6.17. The number of rotatable bonds is 7. The van der Waals surface area contributed by atoms with Gasteiger partial charge in [0.15, 0.2) is 6.10 Å². The number of carbonyl (C=O) groups is 3. The summed E-state index contributed by atoms with van der Waals surface area (Å²) in [5.74, 6) is -2.27. The lowest BCUT2D eigenvalue weighted by Gasteiger charge is -2.44. The minimum atomic E-state index is -0.862. The monoisotopic (exact) mass is 458 g/mol. The molecule has 12 heteroatoms. The van der Waals surface area contributed by atoms with Gasteiger partial charge >= 0.3 is 11.9 Å². The number of thioether (sulfide) groups is 1. The molecular weight excluding hydrogens is 440 g/mol. The molecule has 1 amide bonds. The Labute approximate surface area is 186 Å². The van der Waals surface area contributed by atoms with Crippen LogP contribution in [0.2, 0.25) is 0 Å². The molecule has 166 valence electrons. The van der Waals surface area contributed by atoms with Crippen molar-refractivity contribution in [1.29, 1.82) is 0 Å². The minimum absolute atomic E-state index is 0.0646. The van der Waals surface area contributed by atoms with Crippen molar-refractivity contribution in [2.45, 2.75) is 25.0 Å². The van der Waals surface area contributed by atoms with Crippen molar-refractivity contribution in [2.24, 2.45) is 13.0 Å². The van der Waals surface area contributed by atoms with Crippen LogP contribution in [-0.2, 0) is 37.5 Å². The Morgan fingerprint density at radius 2 is 2.03 bits per heavy atom. The van der Waals surface area contributed by atoms with Crippen molar-refractivity contribution in [2.75, 3.05) is 0 Å². The molecule has 0 spiro atoms. The number of carbonyl (C=O) groups excluding carboxylic acids is 3. The van der Waals surface area contributed by atoms with Crippen LogP contribution in [0.1, 0.15) is 24.3 Å². The van der Waals surface area contributed by atoms with E-state index >= 15 is 0 Å². The summed E-state index contributed by atoms with van der Waals surface area (Å²) in [5.41, 5.74) is 1.07. The van der Waals surface area contributed by atoms with Gasteiger partial charge in [-0.1, -0.05) is 0 Å². The molecular formula is C20H18N4O7S. The van der Waals surface area contributed by atoms with E-state index in [4.69, 9.17) is 9.47 Å². The molecule has 0 aliphatic carbocycles. The zero-order valence-electron chi connectivity index (χ0n) is 17.0. The van der Waals surface area contributed by atoms with Gasteiger partial charge in [0.05, 0.1) is 16.9 Å². The fraction of sp³-hybridized carbons (Fsp3) is 0.300. The highest BCUT2D eigenvalue weighted by Gasteiger charge is 2.58. The van der Waals surface area contributed by atoms with E-state index in [9.17, 15) is 24.5 Å². The van der Waals surface area contributed by atoms with Crippen LogP contribution in [0, 0.1) is 16.0 Å². The number of amides is 1. The van der Waals surface area contributed by atoms with Crippen molar-refractivity contribution < 1.29 is 28.8 Å². The lowest BCUT2D eigenvalue weighted by atomic mass is 9.89. The first-order valence-corrected chi connectivity index (χ1v) is 10.4. The maximum absolute atomic E-state index is 12.9. The highest BCUT2D eigenvalue weighted by Crippen LogP contribution is 2.50. The Balaban J connectivity index is 1.41. The number of hydrogen-bond donors (Lipinski definition) is 0. The third-order valence-electron chi connectivity index (χ3n) is 5.02. The molecule has 4 rings (SSSR count). The number of β-lactam (4-membered cyclic amide) rings is 1. The van der Waals surface area contributed by atoms with Gasteiger partial charge in [-0.2, -0.15) is 0 Å². The fourth-order valence-electron chi connectivity index (χ4n) is 3.52. The number of ether oxygens (including phenoxy) is 2. The molecule has 2 aliphatic rings. The van der Waals surface area contributed by atoms with Gasteiger partial charge in [-0.15, -0.1) is 11.8 Å². The van der Waals surface area contributed by atoms with E-state index in [0.717, 1.165) is 0 Å². The first-order chi connectivity index (χ1) is 15.3. The number of nitrogens with zero attached hydrogens (tertiary/aromatic N) is 4. The van der Waals surface area contributed by atoms with Crippen LogP contribution in [0.15, 0.2) is 47.9 Å². The highest BCUT2D eigenvalue weighted by molar-refractivity contribution is 8.03. The minimum Gasteiger partial charge on any atom is -0.456 e. The highest BCUT2D eigenvalue weighted by atomic mass is 32.2. The first-order valence-electron chi connectivity index (χ1n) is 9.50. The topological polar surface area (TPSA) is 134 Å². The van der Waals surface area contributed by atoms with E-state index in [1.54, 1.807) is 29.5 Å². The largest absolute Gasteiger partial charge is 0.456 e. The van der Waals surface area contributed by atoms with Crippen LogP contribution in [0.4, 0.5) is 5.69 Å². The molecule has 3 heterocycles. The normalized spacial score (nSPS) is 20.1. The second-order valence-electron chi connectivity index (χ2n) is 7.26. The van der Waals surface area contributed by atoms with Gasteiger partial charge in [0.25, 0.3) is 5.69 Å². The van der Waals surface area contributed by atoms with Gasteiger partial charge in [0.1, 0.15) is 23.6 Å². The van der Waals surface area contributed by atoms with E-state index in [1.807, 2.05) is 0 Å². The van der Waals surface area contributed by atoms with Crippen LogP contribution in [0.3, 0.4) is 0 Å². The molecule has 0 bridgehead atoms. The molecule has 2 unspecified atom stereocenters. The van der Waals surface area contributed by atoms with E-state index in [-0.39, 0.29) is 23.9 Å². The summed E-state index contributed by atoms with van der Waals surface area (Å²) in [4.78, 5) is 52.8. The molecule has 2 aromatic rings. The summed E-state index contributed by atoms with van der Waals surface area (Å²) in [7, 11) is 1.77. The molecule has 1 fully saturated rings. The van der Waals surface area contributed by atoms with Crippen LogP contribution in [0.5, 0.6) is 0 Å².